The van der Waals surface area contributed by atoms with Crippen molar-refractivity contribution < 1.29 is 13.6 Å². The molecule has 0 aliphatic carbocycles. The molecule has 0 radical (unpaired) electrons. The fraction of sp³-hybridized carbons (Fsp3) is 0.286. The van der Waals surface area contributed by atoms with Gasteiger partial charge in [0, 0.05) is 23.5 Å². The molecular weight excluding hydrogens is 394 g/mol. The number of aryl methyl sites for hydroxylation is 1. The second kappa shape index (κ2) is 8.73. The quantitative estimate of drug-likeness (QED) is 0.616. The SMILES string of the molecule is O=C(CSc1ccccc1F)Nc1ccc(F)c(-c2nnc3n2CCCCC3)c1. The van der Waals surface area contributed by atoms with Crippen molar-refractivity contribution in [1.29, 1.82) is 0 Å². The Hall–Kier alpha value is -2.74. The maximum absolute atomic E-state index is 14.5. The van der Waals surface area contributed by atoms with E-state index in [1.165, 1.54) is 18.2 Å². The van der Waals surface area contributed by atoms with Crippen molar-refractivity contribution in [3.05, 3.63) is 59.9 Å². The van der Waals surface area contributed by atoms with Crippen molar-refractivity contribution in [2.45, 2.75) is 37.1 Å². The summed E-state index contributed by atoms with van der Waals surface area (Å²) in [5.74, 6) is 0.332. The third-order valence-electron chi connectivity index (χ3n) is 4.80. The van der Waals surface area contributed by atoms with Crippen LogP contribution in [-0.2, 0) is 17.8 Å². The average Bonchev–Trinajstić information content (AvgIpc) is 2.96. The Morgan fingerprint density at radius 3 is 2.79 bits per heavy atom. The lowest BCUT2D eigenvalue weighted by molar-refractivity contribution is -0.113. The average molecular weight is 414 g/mol. The van der Waals surface area contributed by atoms with Crippen LogP contribution in [0.25, 0.3) is 11.4 Å². The molecule has 4 rings (SSSR count). The number of carbonyl (C=O) groups is 1. The molecule has 1 N–H and O–H groups in total. The highest BCUT2D eigenvalue weighted by atomic mass is 32.2. The molecule has 0 spiro atoms. The first-order chi connectivity index (χ1) is 14.1. The van der Waals surface area contributed by atoms with E-state index in [4.69, 9.17) is 0 Å². The number of nitrogens with one attached hydrogen (secondary N) is 1. The number of benzene rings is 2. The molecule has 1 aliphatic heterocycles. The minimum absolute atomic E-state index is 0.0496. The highest BCUT2D eigenvalue weighted by molar-refractivity contribution is 8.00. The third-order valence-corrected chi connectivity index (χ3v) is 5.84. The van der Waals surface area contributed by atoms with Crippen LogP contribution in [0.1, 0.15) is 25.1 Å². The van der Waals surface area contributed by atoms with Crippen molar-refractivity contribution in [2.75, 3.05) is 11.1 Å². The van der Waals surface area contributed by atoms with Crippen molar-refractivity contribution in [3.8, 4) is 11.4 Å². The molecule has 0 unspecified atom stereocenters. The maximum Gasteiger partial charge on any atom is 0.234 e. The molecule has 29 heavy (non-hydrogen) atoms. The Labute approximate surface area is 171 Å². The Morgan fingerprint density at radius 1 is 1.07 bits per heavy atom. The number of thioether (sulfide) groups is 1. The zero-order valence-corrected chi connectivity index (χ0v) is 16.5. The molecule has 0 bridgehead atoms. The number of hydrogen-bond donors (Lipinski definition) is 1. The standard InChI is InChI=1S/C21H20F2N4OS/c22-16-10-9-14(24-20(28)13-29-18-7-4-3-6-17(18)23)12-15(16)21-26-25-19-8-2-1-5-11-27(19)21/h3-4,6-7,9-10,12H,1-2,5,8,11,13H2,(H,24,28). The Bertz CT molecular complexity index is 1040. The zero-order chi connectivity index (χ0) is 20.2. The van der Waals surface area contributed by atoms with Gasteiger partial charge in [-0.3, -0.25) is 4.79 Å². The molecule has 1 amide bonds. The van der Waals surface area contributed by atoms with E-state index in [2.05, 4.69) is 15.5 Å². The summed E-state index contributed by atoms with van der Waals surface area (Å²) >= 11 is 1.11. The van der Waals surface area contributed by atoms with Gasteiger partial charge in [0.2, 0.25) is 5.91 Å². The van der Waals surface area contributed by atoms with Crippen molar-refractivity contribution in [2.24, 2.45) is 0 Å². The van der Waals surface area contributed by atoms with E-state index >= 15 is 0 Å². The van der Waals surface area contributed by atoms with E-state index in [-0.39, 0.29) is 17.5 Å². The molecule has 2 aromatic carbocycles. The van der Waals surface area contributed by atoms with E-state index in [9.17, 15) is 13.6 Å². The minimum atomic E-state index is -0.414. The second-order valence-electron chi connectivity index (χ2n) is 6.86. The molecule has 1 aromatic heterocycles. The van der Waals surface area contributed by atoms with Crippen LogP contribution in [0.5, 0.6) is 0 Å². The van der Waals surface area contributed by atoms with Crippen molar-refractivity contribution in [3.63, 3.8) is 0 Å². The molecule has 0 atom stereocenters. The van der Waals surface area contributed by atoms with Gasteiger partial charge in [0.25, 0.3) is 0 Å². The smallest absolute Gasteiger partial charge is 0.234 e. The van der Waals surface area contributed by atoms with E-state index in [1.54, 1.807) is 24.3 Å². The van der Waals surface area contributed by atoms with E-state index in [1.807, 2.05) is 4.57 Å². The lowest BCUT2D eigenvalue weighted by Gasteiger charge is -2.10. The highest BCUT2D eigenvalue weighted by Crippen LogP contribution is 2.28. The zero-order valence-electron chi connectivity index (χ0n) is 15.7. The fourth-order valence-corrected chi connectivity index (χ4v) is 4.10. The number of anilines is 1. The number of hydrogen-bond acceptors (Lipinski definition) is 4. The summed E-state index contributed by atoms with van der Waals surface area (Å²) in [7, 11) is 0. The van der Waals surface area contributed by atoms with Gasteiger partial charge in [-0.15, -0.1) is 22.0 Å². The molecule has 1 aliphatic rings. The summed E-state index contributed by atoms with van der Waals surface area (Å²) < 4.78 is 30.2. The van der Waals surface area contributed by atoms with Crippen LogP contribution in [0.2, 0.25) is 0 Å². The third kappa shape index (κ3) is 4.48. The van der Waals surface area contributed by atoms with Gasteiger partial charge >= 0.3 is 0 Å². The minimum Gasteiger partial charge on any atom is -0.325 e. The number of halogens is 2. The number of amides is 1. The summed E-state index contributed by atoms with van der Waals surface area (Å²) in [6.45, 7) is 0.757. The molecule has 0 saturated heterocycles. The Balaban J connectivity index is 1.49. The number of carbonyl (C=O) groups excluding carboxylic acids is 1. The van der Waals surface area contributed by atoms with Gasteiger partial charge in [0.15, 0.2) is 5.82 Å². The monoisotopic (exact) mass is 414 g/mol. The van der Waals surface area contributed by atoms with Crippen LogP contribution in [0, 0.1) is 11.6 Å². The molecular formula is C21H20F2N4OS. The van der Waals surface area contributed by atoms with Gasteiger partial charge < -0.3 is 9.88 Å². The predicted octanol–water partition coefficient (Wildman–Crippen LogP) is 4.68. The fourth-order valence-electron chi connectivity index (χ4n) is 3.36. The number of nitrogens with zero attached hydrogens (tertiary/aromatic N) is 3. The van der Waals surface area contributed by atoms with E-state index in [0.29, 0.717) is 22.0 Å². The Kier molecular flexibility index (Phi) is 5.89. The van der Waals surface area contributed by atoms with Gasteiger partial charge in [-0.25, -0.2) is 8.78 Å². The van der Waals surface area contributed by atoms with Gasteiger partial charge in [0.1, 0.15) is 17.5 Å². The van der Waals surface area contributed by atoms with Gasteiger partial charge in [-0.1, -0.05) is 18.6 Å². The lowest BCUT2D eigenvalue weighted by Crippen LogP contribution is -2.14. The summed E-state index contributed by atoms with van der Waals surface area (Å²) in [5.41, 5.74) is 0.775. The molecule has 150 valence electrons. The van der Waals surface area contributed by atoms with Crippen LogP contribution < -0.4 is 5.32 Å². The van der Waals surface area contributed by atoms with Crippen LogP contribution >= 0.6 is 11.8 Å². The molecule has 2 heterocycles. The van der Waals surface area contributed by atoms with Crippen LogP contribution in [-0.4, -0.2) is 26.4 Å². The second-order valence-corrected chi connectivity index (χ2v) is 7.88. The largest absolute Gasteiger partial charge is 0.325 e. The van der Waals surface area contributed by atoms with Crippen LogP contribution in [0.3, 0.4) is 0 Å². The molecule has 5 nitrogen and oxygen atoms in total. The van der Waals surface area contributed by atoms with Gasteiger partial charge in [0.05, 0.1) is 11.3 Å². The van der Waals surface area contributed by atoms with Gasteiger partial charge in [-0.05, 0) is 43.2 Å². The van der Waals surface area contributed by atoms with Crippen LogP contribution in [0.15, 0.2) is 47.4 Å². The van der Waals surface area contributed by atoms with Crippen molar-refractivity contribution in [1.82, 2.24) is 14.8 Å². The van der Waals surface area contributed by atoms with E-state index in [0.717, 1.165) is 49.8 Å². The first kappa shape index (κ1) is 19.6. The first-order valence-corrected chi connectivity index (χ1v) is 10.5. The topological polar surface area (TPSA) is 59.8 Å². The van der Waals surface area contributed by atoms with E-state index < -0.39 is 5.82 Å². The summed E-state index contributed by atoms with van der Waals surface area (Å²) in [5, 5.41) is 11.2. The van der Waals surface area contributed by atoms with Crippen molar-refractivity contribution >= 4 is 23.4 Å². The number of aromatic nitrogens is 3. The van der Waals surface area contributed by atoms with Gasteiger partial charge in [-0.2, -0.15) is 0 Å². The summed E-state index contributed by atoms with van der Waals surface area (Å²) in [4.78, 5) is 12.7. The normalized spacial score (nSPS) is 13.6. The molecule has 0 saturated carbocycles. The highest BCUT2D eigenvalue weighted by Gasteiger charge is 2.19. The summed E-state index contributed by atoms with van der Waals surface area (Å²) in [6, 6.07) is 10.7. The molecule has 8 heteroatoms. The Morgan fingerprint density at radius 2 is 1.93 bits per heavy atom. The maximum atomic E-state index is 14.5. The molecule has 0 fully saturated rings. The molecule has 3 aromatic rings. The number of fused-ring (bicyclic) bond motifs is 1. The summed E-state index contributed by atoms with van der Waals surface area (Å²) in [6.07, 6.45) is 4.00. The first-order valence-electron chi connectivity index (χ1n) is 9.51. The lowest BCUT2D eigenvalue weighted by atomic mass is 10.1. The predicted molar refractivity (Wildman–Crippen MR) is 109 cm³/mol. The van der Waals surface area contributed by atoms with Crippen LogP contribution in [0.4, 0.5) is 14.5 Å². The number of rotatable bonds is 5.